The first-order chi connectivity index (χ1) is 24.9. The van der Waals surface area contributed by atoms with Gasteiger partial charge in [-0.1, -0.05) is 103 Å². The van der Waals surface area contributed by atoms with Gasteiger partial charge in [0.05, 0.1) is 12.2 Å². The molecular formula is C44H70NO7+. The largest absolute Gasteiger partial charge is 0.508 e. The van der Waals surface area contributed by atoms with Crippen LogP contribution in [0.3, 0.4) is 0 Å². The molecule has 0 spiro atoms. The minimum atomic E-state index is -0.257. The summed E-state index contributed by atoms with van der Waals surface area (Å²) in [5, 5.41) is 41.9. The quantitative estimate of drug-likeness (QED) is 0.0705. The molecule has 8 nitrogen and oxygen atoms in total. The highest BCUT2D eigenvalue weighted by molar-refractivity contribution is 5.42. The SMILES string of the molecule is CC(C)(CCCCCCCO[N+](=O)OCCCCCCCC(C)(C)c1ccc([C@H]2CCC[C@H](O)C2)c(O)c1)c1ccc([C@H]2CCC[C@H](O)C2)c(O)c1. The Kier molecular flexibility index (Phi) is 16.6. The second kappa shape index (κ2) is 20.6. The van der Waals surface area contributed by atoms with Crippen LogP contribution in [0.2, 0.25) is 0 Å². The number of aromatic hydroxyl groups is 2. The second-order valence-corrected chi connectivity index (χ2v) is 17.3. The molecule has 4 atom stereocenters. The minimum absolute atomic E-state index is 0.0250. The average Bonchev–Trinajstić information content (AvgIpc) is 3.10. The first kappa shape index (κ1) is 41.9. The molecule has 4 N–H and O–H groups in total. The van der Waals surface area contributed by atoms with Gasteiger partial charge in [0.15, 0.2) is 13.2 Å². The Morgan fingerprint density at radius 3 is 1.37 bits per heavy atom. The normalized spacial score (nSPS) is 21.2. The topological polar surface area (TPSA) is 119 Å². The highest BCUT2D eigenvalue weighted by Crippen LogP contribution is 2.41. The van der Waals surface area contributed by atoms with Gasteiger partial charge in [0.1, 0.15) is 16.4 Å². The average molecular weight is 725 g/mol. The predicted molar refractivity (Wildman–Crippen MR) is 208 cm³/mol. The highest BCUT2D eigenvalue weighted by atomic mass is 17.0. The lowest BCUT2D eigenvalue weighted by atomic mass is 9.77. The van der Waals surface area contributed by atoms with Crippen molar-refractivity contribution in [3.8, 4) is 11.5 Å². The number of unbranched alkanes of at least 4 members (excludes halogenated alkanes) is 8. The van der Waals surface area contributed by atoms with E-state index in [1.165, 1.54) is 0 Å². The zero-order valence-corrected chi connectivity index (χ0v) is 32.8. The van der Waals surface area contributed by atoms with E-state index in [0.717, 1.165) is 151 Å². The van der Waals surface area contributed by atoms with Crippen LogP contribution in [0.5, 0.6) is 11.5 Å². The van der Waals surface area contributed by atoms with E-state index < -0.39 is 0 Å². The van der Waals surface area contributed by atoms with Crippen molar-refractivity contribution >= 4 is 0 Å². The van der Waals surface area contributed by atoms with Crippen molar-refractivity contribution in [3.63, 3.8) is 0 Å². The Balaban J connectivity index is 0.979. The van der Waals surface area contributed by atoms with Crippen molar-refractivity contribution < 1.29 is 35.2 Å². The molecule has 0 aromatic heterocycles. The molecule has 0 amide bonds. The van der Waals surface area contributed by atoms with E-state index >= 15 is 0 Å². The molecule has 2 fully saturated rings. The first-order valence-electron chi connectivity index (χ1n) is 20.6. The smallest absolute Gasteiger partial charge is 0.477 e. The lowest BCUT2D eigenvalue weighted by Crippen LogP contribution is -2.19. The number of aliphatic hydroxyl groups excluding tert-OH is 2. The molecule has 0 saturated heterocycles. The van der Waals surface area contributed by atoms with Crippen LogP contribution < -0.4 is 0 Å². The summed E-state index contributed by atoms with van der Waals surface area (Å²) in [4.78, 5) is 22.3. The van der Waals surface area contributed by atoms with Gasteiger partial charge in [0.25, 0.3) is 0 Å². The third kappa shape index (κ3) is 13.2. The van der Waals surface area contributed by atoms with E-state index in [4.69, 9.17) is 9.68 Å². The Morgan fingerprint density at radius 1 is 0.596 bits per heavy atom. The number of aliphatic hydroxyl groups is 2. The van der Waals surface area contributed by atoms with Crippen molar-refractivity contribution in [3.05, 3.63) is 63.6 Å². The maximum atomic E-state index is 11.9. The van der Waals surface area contributed by atoms with Crippen LogP contribution >= 0.6 is 0 Å². The first-order valence-corrected chi connectivity index (χ1v) is 20.6. The van der Waals surface area contributed by atoms with Gasteiger partial charge < -0.3 is 20.4 Å². The summed E-state index contributed by atoms with van der Waals surface area (Å²) >= 11 is 0. The molecular weight excluding hydrogens is 654 g/mol. The summed E-state index contributed by atoms with van der Waals surface area (Å²) in [6.07, 6.45) is 19.1. The van der Waals surface area contributed by atoms with E-state index in [1.807, 2.05) is 12.1 Å². The van der Waals surface area contributed by atoms with Crippen molar-refractivity contribution in [2.45, 2.75) is 191 Å². The van der Waals surface area contributed by atoms with Crippen molar-refractivity contribution in [2.24, 2.45) is 0 Å². The lowest BCUT2D eigenvalue weighted by Gasteiger charge is -2.29. The predicted octanol–water partition coefficient (Wildman–Crippen LogP) is 10.7. The fraction of sp³-hybridized carbons (Fsp3) is 0.727. The summed E-state index contributed by atoms with van der Waals surface area (Å²) in [6, 6.07) is 12.3. The fourth-order valence-corrected chi connectivity index (χ4v) is 8.52. The zero-order chi connectivity index (χ0) is 37.6. The van der Waals surface area contributed by atoms with E-state index in [1.54, 1.807) is 0 Å². The summed E-state index contributed by atoms with van der Waals surface area (Å²) < 4.78 is 0. The van der Waals surface area contributed by atoms with Gasteiger partial charge in [-0.25, -0.2) is 0 Å². The molecule has 0 heterocycles. The molecule has 2 aliphatic rings. The number of phenolic OH excluding ortho intramolecular Hbond substituents is 2. The van der Waals surface area contributed by atoms with Crippen LogP contribution in [0.15, 0.2) is 36.4 Å². The van der Waals surface area contributed by atoms with Gasteiger partial charge in [-0.3, -0.25) is 0 Å². The van der Waals surface area contributed by atoms with Crippen LogP contribution in [0, 0.1) is 4.91 Å². The maximum absolute atomic E-state index is 11.9. The molecule has 0 aliphatic heterocycles. The van der Waals surface area contributed by atoms with Crippen molar-refractivity contribution in [1.82, 2.24) is 0 Å². The lowest BCUT2D eigenvalue weighted by molar-refractivity contribution is -0.981. The van der Waals surface area contributed by atoms with Crippen LogP contribution in [0.25, 0.3) is 0 Å². The molecule has 2 saturated carbocycles. The molecule has 4 rings (SSSR count). The van der Waals surface area contributed by atoms with Gasteiger partial charge in [-0.2, -0.15) is 9.68 Å². The molecule has 0 radical (unpaired) electrons. The Labute approximate surface area is 313 Å². The number of hydrogen-bond donors (Lipinski definition) is 4. The molecule has 8 heteroatoms. The Morgan fingerprint density at radius 2 is 0.981 bits per heavy atom. The number of benzene rings is 2. The summed E-state index contributed by atoms with van der Waals surface area (Å²) in [5.41, 5.74) is 4.22. The minimum Gasteiger partial charge on any atom is -0.508 e. The van der Waals surface area contributed by atoms with Crippen LogP contribution in [-0.2, 0) is 20.5 Å². The van der Waals surface area contributed by atoms with Gasteiger partial charge >= 0.3 is 5.09 Å². The Hall–Kier alpha value is -2.84. The molecule has 2 aromatic rings. The molecule has 52 heavy (non-hydrogen) atoms. The molecule has 0 unspecified atom stereocenters. The van der Waals surface area contributed by atoms with Crippen LogP contribution in [0.1, 0.15) is 190 Å². The Bertz CT molecular complexity index is 1270. The molecule has 2 aliphatic carbocycles. The summed E-state index contributed by atoms with van der Waals surface area (Å²) in [5.74, 6) is 1.22. The second-order valence-electron chi connectivity index (χ2n) is 17.3. The molecule has 2 aromatic carbocycles. The van der Waals surface area contributed by atoms with E-state index in [2.05, 4.69) is 52.0 Å². The highest BCUT2D eigenvalue weighted by Gasteiger charge is 2.28. The molecule has 292 valence electrons. The standard InChI is InChI=1S/C44H69NO7/c1-43(2,35-21-23-39(41(48)31-35)33-17-15-19-37(46)29-33)25-11-7-5-9-13-27-51-45(50)52-28-14-10-6-8-12-26-44(3,4)36-22-24-40(42(49)32-36)34-18-16-20-38(47)30-34/h21-24,31-34,37-38,46-47H,5-20,25-30H2,1-4H3,(H-,48,49)/p+1/t33-,34-,37-,38-/m0/s1. The summed E-state index contributed by atoms with van der Waals surface area (Å²) in [7, 11) is 0. The number of nitrogens with zero attached hydrogens (tertiary/aromatic N) is 1. The van der Waals surface area contributed by atoms with E-state index in [9.17, 15) is 25.3 Å². The monoisotopic (exact) mass is 725 g/mol. The van der Waals surface area contributed by atoms with Crippen molar-refractivity contribution in [2.75, 3.05) is 13.2 Å². The van der Waals surface area contributed by atoms with Crippen LogP contribution in [-0.4, -0.2) is 50.9 Å². The summed E-state index contributed by atoms with van der Waals surface area (Å²) in [6.45, 7) is 9.68. The molecule has 0 bridgehead atoms. The third-order valence-corrected chi connectivity index (χ3v) is 12.1. The van der Waals surface area contributed by atoms with Gasteiger partial charge in [-0.05, 0) is 134 Å². The third-order valence-electron chi connectivity index (χ3n) is 12.1. The van der Waals surface area contributed by atoms with Gasteiger partial charge in [-0.15, -0.1) is 0 Å². The number of hydrogen-bond acceptors (Lipinski definition) is 7. The van der Waals surface area contributed by atoms with Crippen molar-refractivity contribution in [1.29, 1.82) is 0 Å². The van der Waals surface area contributed by atoms with Gasteiger partial charge in [0.2, 0.25) is 0 Å². The van der Waals surface area contributed by atoms with E-state index in [0.29, 0.717) is 24.7 Å². The van der Waals surface area contributed by atoms with Gasteiger partial charge in [0, 0.05) is 0 Å². The zero-order valence-electron chi connectivity index (χ0n) is 32.8. The number of phenols is 2. The number of rotatable bonds is 22. The van der Waals surface area contributed by atoms with Crippen LogP contribution in [0.4, 0.5) is 0 Å². The fourth-order valence-electron chi connectivity index (χ4n) is 8.52. The van der Waals surface area contributed by atoms with E-state index in [-0.39, 0.29) is 40.0 Å². The maximum Gasteiger partial charge on any atom is 0.477 e.